The number of carbonyl (C=O) groups is 1. The van der Waals surface area contributed by atoms with E-state index >= 15 is 0 Å². The van der Waals surface area contributed by atoms with Crippen molar-refractivity contribution in [2.24, 2.45) is 0 Å². The molecule has 0 unspecified atom stereocenters. The second-order valence-electron chi connectivity index (χ2n) is 5.95. The Morgan fingerprint density at radius 2 is 1.67 bits per heavy atom. The zero-order valence-electron chi connectivity index (χ0n) is 14.8. The van der Waals surface area contributed by atoms with Crippen LogP contribution in [-0.2, 0) is 4.79 Å². The summed E-state index contributed by atoms with van der Waals surface area (Å²) in [6.07, 6.45) is 0. The van der Waals surface area contributed by atoms with Gasteiger partial charge in [0.05, 0.1) is 6.54 Å². The molecule has 1 N–H and O–H groups in total. The van der Waals surface area contributed by atoms with Crippen molar-refractivity contribution >= 4 is 11.6 Å². The Bertz CT molecular complexity index is 706. The molecule has 0 aliphatic rings. The van der Waals surface area contributed by atoms with Crippen LogP contribution in [0.25, 0.3) is 11.1 Å². The molecule has 2 aromatic rings. The van der Waals surface area contributed by atoms with Gasteiger partial charge in [0.25, 0.3) is 0 Å². The zero-order chi connectivity index (χ0) is 17.7. The third-order valence-electron chi connectivity index (χ3n) is 4.35. The normalized spacial score (nSPS) is 10.9. The summed E-state index contributed by atoms with van der Waals surface area (Å²) in [7, 11) is 0. The molecule has 128 valence electrons. The molecule has 0 fully saturated rings. The zero-order valence-corrected chi connectivity index (χ0v) is 14.8. The first-order valence-corrected chi connectivity index (χ1v) is 8.34. The number of aryl methyl sites for hydroxylation is 1. The van der Waals surface area contributed by atoms with Crippen molar-refractivity contribution in [2.45, 2.75) is 27.7 Å². The Morgan fingerprint density at radius 1 is 1.04 bits per heavy atom. The summed E-state index contributed by atoms with van der Waals surface area (Å²) in [5.41, 5.74) is 4.79. The summed E-state index contributed by atoms with van der Waals surface area (Å²) in [6.45, 7) is 10.1. The van der Waals surface area contributed by atoms with E-state index < -0.39 is 0 Å². The molecule has 0 bridgehead atoms. The van der Waals surface area contributed by atoms with Gasteiger partial charge in [0, 0.05) is 5.69 Å². The summed E-state index contributed by atoms with van der Waals surface area (Å²) in [5, 5.41) is 3.04. The summed E-state index contributed by atoms with van der Waals surface area (Å²) < 4.78 is 13.1. The fraction of sp³-hybridized carbons (Fsp3) is 0.350. The molecule has 2 rings (SSSR count). The van der Waals surface area contributed by atoms with E-state index in [1.165, 1.54) is 12.1 Å². The van der Waals surface area contributed by atoms with Crippen molar-refractivity contribution < 1.29 is 9.18 Å². The fourth-order valence-electron chi connectivity index (χ4n) is 2.81. The fourth-order valence-corrected chi connectivity index (χ4v) is 2.81. The molecule has 0 saturated carbocycles. The Balaban J connectivity index is 2.28. The third kappa shape index (κ3) is 4.20. The van der Waals surface area contributed by atoms with Gasteiger partial charge >= 0.3 is 0 Å². The monoisotopic (exact) mass is 328 g/mol. The molecule has 2 aromatic carbocycles. The number of hydrogen-bond acceptors (Lipinski definition) is 2. The van der Waals surface area contributed by atoms with Crippen LogP contribution >= 0.6 is 0 Å². The van der Waals surface area contributed by atoms with E-state index in [9.17, 15) is 9.18 Å². The topological polar surface area (TPSA) is 32.3 Å². The second-order valence-corrected chi connectivity index (χ2v) is 5.95. The summed E-state index contributed by atoms with van der Waals surface area (Å²) in [4.78, 5) is 14.4. The van der Waals surface area contributed by atoms with Gasteiger partial charge in [0.15, 0.2) is 0 Å². The van der Waals surface area contributed by atoms with Crippen molar-refractivity contribution in [3.63, 3.8) is 0 Å². The predicted molar refractivity (Wildman–Crippen MR) is 97.7 cm³/mol. The number of nitrogens with one attached hydrogen (secondary N) is 1. The molecule has 0 aliphatic carbocycles. The van der Waals surface area contributed by atoms with Gasteiger partial charge in [0.2, 0.25) is 5.91 Å². The van der Waals surface area contributed by atoms with Gasteiger partial charge in [-0.05, 0) is 61.3 Å². The van der Waals surface area contributed by atoms with Gasteiger partial charge in [-0.25, -0.2) is 4.39 Å². The van der Waals surface area contributed by atoms with Gasteiger partial charge in [-0.1, -0.05) is 38.1 Å². The Hall–Kier alpha value is -2.20. The van der Waals surface area contributed by atoms with Crippen molar-refractivity contribution in [1.82, 2.24) is 4.90 Å². The molecule has 3 nitrogen and oxygen atoms in total. The molecule has 0 saturated heterocycles. The van der Waals surface area contributed by atoms with Crippen molar-refractivity contribution in [2.75, 3.05) is 25.0 Å². The van der Waals surface area contributed by atoms with Gasteiger partial charge in [-0.3, -0.25) is 9.69 Å². The first-order chi connectivity index (χ1) is 11.5. The quantitative estimate of drug-likeness (QED) is 0.853. The molecule has 24 heavy (non-hydrogen) atoms. The number of anilines is 1. The minimum absolute atomic E-state index is 0.0128. The van der Waals surface area contributed by atoms with Gasteiger partial charge in [0.1, 0.15) is 5.82 Å². The number of nitrogens with zero attached hydrogens (tertiary/aromatic N) is 1. The maximum absolute atomic E-state index is 13.1. The number of amides is 1. The molecule has 4 heteroatoms. The van der Waals surface area contributed by atoms with Crippen LogP contribution in [0.2, 0.25) is 0 Å². The smallest absolute Gasteiger partial charge is 0.238 e. The van der Waals surface area contributed by atoms with Crippen LogP contribution in [0.5, 0.6) is 0 Å². The number of carbonyl (C=O) groups excluding carboxylic acids is 1. The van der Waals surface area contributed by atoms with Crippen LogP contribution in [0.15, 0.2) is 36.4 Å². The Labute approximate surface area is 143 Å². The third-order valence-corrected chi connectivity index (χ3v) is 4.35. The van der Waals surface area contributed by atoms with Crippen LogP contribution in [-0.4, -0.2) is 30.4 Å². The summed E-state index contributed by atoms with van der Waals surface area (Å²) in [6, 6.07) is 10.4. The highest BCUT2D eigenvalue weighted by atomic mass is 19.1. The lowest BCUT2D eigenvalue weighted by atomic mass is 9.96. The molecule has 0 heterocycles. The molecule has 0 aliphatic heterocycles. The van der Waals surface area contributed by atoms with Crippen LogP contribution in [0.1, 0.15) is 25.0 Å². The van der Waals surface area contributed by atoms with Crippen LogP contribution in [0, 0.1) is 19.7 Å². The lowest BCUT2D eigenvalue weighted by molar-refractivity contribution is -0.117. The highest BCUT2D eigenvalue weighted by Gasteiger charge is 2.13. The highest BCUT2D eigenvalue weighted by molar-refractivity contribution is 5.95. The van der Waals surface area contributed by atoms with E-state index in [-0.39, 0.29) is 11.7 Å². The molecular formula is C20H25FN2O. The average Bonchev–Trinajstić information content (AvgIpc) is 2.57. The molecule has 1 amide bonds. The SMILES string of the molecule is CCN(CC)CC(=O)Nc1c(C)ccc(-c2ccc(F)cc2)c1C. The van der Waals surface area contributed by atoms with E-state index in [1.807, 2.05) is 39.8 Å². The number of rotatable bonds is 6. The number of halogens is 1. The predicted octanol–water partition coefficient (Wildman–Crippen LogP) is 4.39. The molecule has 0 atom stereocenters. The summed E-state index contributed by atoms with van der Waals surface area (Å²) >= 11 is 0. The number of likely N-dealkylation sites (N-methyl/N-ethyl adjacent to an activating group) is 1. The Morgan fingerprint density at radius 3 is 2.25 bits per heavy atom. The number of hydrogen-bond donors (Lipinski definition) is 1. The van der Waals surface area contributed by atoms with E-state index in [4.69, 9.17) is 0 Å². The van der Waals surface area contributed by atoms with E-state index in [0.29, 0.717) is 6.54 Å². The highest BCUT2D eigenvalue weighted by Crippen LogP contribution is 2.31. The average molecular weight is 328 g/mol. The molecule has 0 radical (unpaired) electrons. The van der Waals surface area contributed by atoms with Crippen LogP contribution in [0.4, 0.5) is 10.1 Å². The molecular weight excluding hydrogens is 303 g/mol. The van der Waals surface area contributed by atoms with Crippen LogP contribution < -0.4 is 5.32 Å². The minimum atomic E-state index is -0.253. The number of benzene rings is 2. The van der Waals surface area contributed by atoms with E-state index in [2.05, 4.69) is 10.2 Å². The van der Waals surface area contributed by atoms with Crippen LogP contribution in [0.3, 0.4) is 0 Å². The molecule has 0 spiro atoms. The molecule has 0 aromatic heterocycles. The first kappa shape index (κ1) is 18.1. The summed E-state index contributed by atoms with van der Waals surface area (Å²) in [5.74, 6) is -0.266. The van der Waals surface area contributed by atoms with Gasteiger partial charge < -0.3 is 5.32 Å². The first-order valence-electron chi connectivity index (χ1n) is 8.34. The Kier molecular flexibility index (Phi) is 6.10. The lowest BCUT2D eigenvalue weighted by Crippen LogP contribution is -2.33. The van der Waals surface area contributed by atoms with Crippen molar-refractivity contribution in [3.8, 4) is 11.1 Å². The van der Waals surface area contributed by atoms with Gasteiger partial charge in [-0.2, -0.15) is 0 Å². The van der Waals surface area contributed by atoms with Crippen molar-refractivity contribution in [1.29, 1.82) is 0 Å². The maximum atomic E-state index is 13.1. The van der Waals surface area contributed by atoms with Crippen molar-refractivity contribution in [3.05, 3.63) is 53.3 Å². The maximum Gasteiger partial charge on any atom is 0.238 e. The minimum Gasteiger partial charge on any atom is -0.324 e. The lowest BCUT2D eigenvalue weighted by Gasteiger charge is -2.20. The standard InChI is InChI=1S/C20H25FN2O/c1-5-23(6-2)13-19(24)22-20-14(3)7-12-18(15(20)4)16-8-10-17(21)11-9-16/h7-12H,5-6,13H2,1-4H3,(H,22,24). The second kappa shape index (κ2) is 8.06. The van der Waals surface area contributed by atoms with Gasteiger partial charge in [-0.15, -0.1) is 0 Å². The van der Waals surface area contributed by atoms with E-state index in [1.54, 1.807) is 12.1 Å². The van der Waals surface area contributed by atoms with E-state index in [0.717, 1.165) is 41.0 Å². The largest absolute Gasteiger partial charge is 0.324 e.